The SMILES string of the molecule is Cc1cnc(C(NN)c2cccc3c2OCC3)nc1. The van der Waals surface area contributed by atoms with E-state index in [9.17, 15) is 0 Å². The van der Waals surface area contributed by atoms with Crippen molar-refractivity contribution >= 4 is 0 Å². The Bertz CT molecular complexity index is 582. The summed E-state index contributed by atoms with van der Waals surface area (Å²) in [6.07, 6.45) is 4.52. The molecule has 1 unspecified atom stereocenters. The van der Waals surface area contributed by atoms with Crippen molar-refractivity contribution in [3.05, 3.63) is 53.1 Å². The highest BCUT2D eigenvalue weighted by Crippen LogP contribution is 2.34. The first-order chi connectivity index (χ1) is 9.29. The predicted octanol–water partition coefficient (Wildman–Crippen LogP) is 1.27. The number of ether oxygens (including phenoxy) is 1. The van der Waals surface area contributed by atoms with Gasteiger partial charge in [0.2, 0.25) is 0 Å². The van der Waals surface area contributed by atoms with Gasteiger partial charge in [0, 0.05) is 24.4 Å². The fraction of sp³-hybridized carbons (Fsp3) is 0.286. The molecular weight excluding hydrogens is 240 g/mol. The van der Waals surface area contributed by atoms with Crippen LogP contribution in [0.3, 0.4) is 0 Å². The van der Waals surface area contributed by atoms with E-state index in [0.29, 0.717) is 5.82 Å². The summed E-state index contributed by atoms with van der Waals surface area (Å²) < 4.78 is 5.71. The van der Waals surface area contributed by atoms with Crippen molar-refractivity contribution < 1.29 is 4.74 Å². The molecule has 1 aromatic heterocycles. The molecule has 0 bridgehead atoms. The largest absolute Gasteiger partial charge is 0.493 e. The Labute approximate surface area is 111 Å². The van der Waals surface area contributed by atoms with E-state index in [-0.39, 0.29) is 6.04 Å². The van der Waals surface area contributed by atoms with Crippen molar-refractivity contribution in [3.8, 4) is 5.75 Å². The molecule has 2 aromatic rings. The summed E-state index contributed by atoms with van der Waals surface area (Å²) in [4.78, 5) is 8.68. The monoisotopic (exact) mass is 256 g/mol. The first-order valence-electron chi connectivity index (χ1n) is 6.29. The molecule has 0 amide bonds. The first-order valence-corrected chi connectivity index (χ1v) is 6.29. The molecule has 3 rings (SSSR count). The second-order valence-corrected chi connectivity index (χ2v) is 4.65. The Hall–Kier alpha value is -1.98. The number of hydrazine groups is 1. The lowest BCUT2D eigenvalue weighted by atomic mass is 10.0. The van der Waals surface area contributed by atoms with Gasteiger partial charge in [-0.15, -0.1) is 0 Å². The second kappa shape index (κ2) is 4.95. The Balaban J connectivity index is 2.03. The average molecular weight is 256 g/mol. The molecule has 5 heteroatoms. The van der Waals surface area contributed by atoms with E-state index < -0.39 is 0 Å². The van der Waals surface area contributed by atoms with Gasteiger partial charge in [-0.05, 0) is 18.1 Å². The van der Waals surface area contributed by atoms with Crippen LogP contribution in [-0.4, -0.2) is 16.6 Å². The van der Waals surface area contributed by atoms with Gasteiger partial charge in [0.25, 0.3) is 0 Å². The van der Waals surface area contributed by atoms with Crippen molar-refractivity contribution in [2.45, 2.75) is 19.4 Å². The zero-order valence-corrected chi connectivity index (χ0v) is 10.8. The van der Waals surface area contributed by atoms with Crippen LogP contribution in [0, 0.1) is 6.92 Å². The van der Waals surface area contributed by atoms with Gasteiger partial charge in [-0.1, -0.05) is 18.2 Å². The molecule has 19 heavy (non-hydrogen) atoms. The molecule has 0 saturated heterocycles. The minimum Gasteiger partial charge on any atom is -0.493 e. The van der Waals surface area contributed by atoms with Crippen LogP contribution >= 0.6 is 0 Å². The van der Waals surface area contributed by atoms with Gasteiger partial charge in [-0.3, -0.25) is 5.84 Å². The summed E-state index contributed by atoms with van der Waals surface area (Å²) in [5.41, 5.74) is 6.00. The van der Waals surface area contributed by atoms with Gasteiger partial charge in [-0.25, -0.2) is 15.4 Å². The van der Waals surface area contributed by atoms with Gasteiger partial charge in [0.15, 0.2) is 5.82 Å². The quantitative estimate of drug-likeness (QED) is 0.639. The zero-order valence-electron chi connectivity index (χ0n) is 10.8. The minimum absolute atomic E-state index is 0.256. The van der Waals surface area contributed by atoms with Crippen LogP contribution in [0.2, 0.25) is 0 Å². The fourth-order valence-corrected chi connectivity index (χ4v) is 2.32. The molecule has 2 heterocycles. The van der Waals surface area contributed by atoms with Crippen molar-refractivity contribution in [2.24, 2.45) is 5.84 Å². The van der Waals surface area contributed by atoms with Gasteiger partial charge >= 0.3 is 0 Å². The molecule has 0 spiro atoms. The van der Waals surface area contributed by atoms with E-state index in [2.05, 4.69) is 21.5 Å². The van der Waals surface area contributed by atoms with E-state index in [0.717, 1.165) is 29.9 Å². The van der Waals surface area contributed by atoms with Crippen LogP contribution in [0.4, 0.5) is 0 Å². The molecule has 5 nitrogen and oxygen atoms in total. The number of benzene rings is 1. The molecule has 1 aliphatic heterocycles. The average Bonchev–Trinajstić information content (AvgIpc) is 2.91. The van der Waals surface area contributed by atoms with Crippen molar-refractivity contribution in [3.63, 3.8) is 0 Å². The maximum atomic E-state index is 5.71. The maximum absolute atomic E-state index is 5.71. The Kier molecular flexibility index (Phi) is 3.15. The fourth-order valence-electron chi connectivity index (χ4n) is 2.32. The van der Waals surface area contributed by atoms with Gasteiger partial charge in [0.05, 0.1) is 6.61 Å². The lowest BCUT2D eigenvalue weighted by Gasteiger charge is -2.17. The lowest BCUT2D eigenvalue weighted by Crippen LogP contribution is -2.30. The number of fused-ring (bicyclic) bond motifs is 1. The third kappa shape index (κ3) is 2.18. The summed E-state index contributed by atoms with van der Waals surface area (Å²) in [7, 11) is 0. The Morgan fingerprint density at radius 1 is 1.32 bits per heavy atom. The molecule has 0 fully saturated rings. The molecule has 0 radical (unpaired) electrons. The van der Waals surface area contributed by atoms with Gasteiger partial charge in [-0.2, -0.15) is 0 Å². The van der Waals surface area contributed by atoms with Gasteiger partial charge in [0.1, 0.15) is 11.8 Å². The third-order valence-electron chi connectivity index (χ3n) is 3.28. The molecule has 3 N–H and O–H groups in total. The standard InChI is InChI=1S/C14H16N4O/c1-9-7-16-14(17-8-9)12(18-15)11-4-2-3-10-5-6-19-13(10)11/h2-4,7-8,12,18H,5-6,15H2,1H3. The summed E-state index contributed by atoms with van der Waals surface area (Å²) in [6, 6.07) is 5.84. The summed E-state index contributed by atoms with van der Waals surface area (Å²) in [6.45, 7) is 2.68. The summed E-state index contributed by atoms with van der Waals surface area (Å²) in [5.74, 6) is 7.25. The number of para-hydroxylation sites is 1. The van der Waals surface area contributed by atoms with Crippen LogP contribution in [0.25, 0.3) is 0 Å². The van der Waals surface area contributed by atoms with Crippen LogP contribution in [0.1, 0.15) is 28.6 Å². The molecule has 98 valence electrons. The van der Waals surface area contributed by atoms with Crippen LogP contribution in [0.5, 0.6) is 5.75 Å². The van der Waals surface area contributed by atoms with Crippen LogP contribution in [0.15, 0.2) is 30.6 Å². The normalized spacial score (nSPS) is 14.8. The number of nitrogens with zero attached hydrogens (tertiary/aromatic N) is 2. The van der Waals surface area contributed by atoms with E-state index in [1.807, 2.05) is 19.1 Å². The molecule has 0 aliphatic carbocycles. The summed E-state index contributed by atoms with van der Waals surface area (Å²) in [5, 5.41) is 0. The predicted molar refractivity (Wildman–Crippen MR) is 71.6 cm³/mol. The lowest BCUT2D eigenvalue weighted by molar-refractivity contribution is 0.350. The molecule has 1 atom stereocenters. The van der Waals surface area contributed by atoms with E-state index in [4.69, 9.17) is 10.6 Å². The number of aryl methyl sites for hydroxylation is 1. The minimum atomic E-state index is -0.256. The Morgan fingerprint density at radius 2 is 2.11 bits per heavy atom. The number of nitrogens with two attached hydrogens (primary N) is 1. The van der Waals surface area contributed by atoms with Gasteiger partial charge < -0.3 is 4.74 Å². The molecule has 1 aromatic carbocycles. The van der Waals surface area contributed by atoms with Crippen molar-refractivity contribution in [1.82, 2.24) is 15.4 Å². The highest BCUT2D eigenvalue weighted by Gasteiger charge is 2.24. The zero-order chi connectivity index (χ0) is 13.2. The molecular formula is C14H16N4O. The van der Waals surface area contributed by atoms with E-state index in [1.165, 1.54) is 5.56 Å². The number of rotatable bonds is 3. The van der Waals surface area contributed by atoms with E-state index in [1.54, 1.807) is 12.4 Å². The van der Waals surface area contributed by atoms with Crippen LogP contribution in [-0.2, 0) is 6.42 Å². The van der Waals surface area contributed by atoms with Crippen molar-refractivity contribution in [2.75, 3.05) is 6.61 Å². The molecule has 1 aliphatic rings. The topological polar surface area (TPSA) is 73.1 Å². The Morgan fingerprint density at radius 3 is 2.84 bits per heavy atom. The highest BCUT2D eigenvalue weighted by molar-refractivity contribution is 5.47. The number of hydrogen-bond acceptors (Lipinski definition) is 5. The maximum Gasteiger partial charge on any atom is 0.151 e. The number of aromatic nitrogens is 2. The molecule has 0 saturated carbocycles. The first kappa shape index (κ1) is 12.1. The van der Waals surface area contributed by atoms with Crippen LogP contribution < -0.4 is 16.0 Å². The van der Waals surface area contributed by atoms with Crippen molar-refractivity contribution in [1.29, 1.82) is 0 Å². The number of nitrogens with one attached hydrogen (secondary N) is 1. The second-order valence-electron chi connectivity index (χ2n) is 4.65. The number of hydrogen-bond donors (Lipinski definition) is 2. The highest BCUT2D eigenvalue weighted by atomic mass is 16.5. The van der Waals surface area contributed by atoms with E-state index >= 15 is 0 Å². The third-order valence-corrected chi connectivity index (χ3v) is 3.28. The summed E-state index contributed by atoms with van der Waals surface area (Å²) >= 11 is 0. The smallest absolute Gasteiger partial charge is 0.151 e.